The summed E-state index contributed by atoms with van der Waals surface area (Å²) >= 11 is 0. The number of carbonyl (C=O) groups excluding carboxylic acids is 2. The van der Waals surface area contributed by atoms with E-state index in [2.05, 4.69) is 6.92 Å². The zero-order valence-electron chi connectivity index (χ0n) is 25.9. The minimum Gasteiger partial charge on any atom is -0.494 e. The van der Waals surface area contributed by atoms with Gasteiger partial charge in [-0.25, -0.2) is 9.59 Å². The maximum atomic E-state index is 13.4. The number of esters is 2. The van der Waals surface area contributed by atoms with Gasteiger partial charge < -0.3 is 14.2 Å². The summed E-state index contributed by atoms with van der Waals surface area (Å²) in [6.45, 7) is 4.86. The van der Waals surface area contributed by atoms with Gasteiger partial charge in [0.2, 0.25) is 0 Å². The molecule has 0 aliphatic heterocycles. The van der Waals surface area contributed by atoms with Gasteiger partial charge in [-0.1, -0.05) is 90.2 Å². The Bertz CT molecular complexity index is 1300. The van der Waals surface area contributed by atoms with Gasteiger partial charge >= 0.3 is 18.1 Å². The third-order valence-electron chi connectivity index (χ3n) is 7.55. The maximum absolute atomic E-state index is 13.4. The van der Waals surface area contributed by atoms with E-state index in [1.807, 2.05) is 31.2 Å². The molecule has 3 rings (SSSR count). The van der Waals surface area contributed by atoms with Crippen LogP contribution in [0.4, 0.5) is 13.2 Å². The highest BCUT2D eigenvalue weighted by molar-refractivity contribution is 5.97. The lowest BCUT2D eigenvalue weighted by atomic mass is 10.1. The molecule has 0 bridgehead atoms. The van der Waals surface area contributed by atoms with Crippen LogP contribution in [0.25, 0.3) is 10.8 Å². The van der Waals surface area contributed by atoms with Crippen LogP contribution in [-0.4, -0.2) is 30.8 Å². The van der Waals surface area contributed by atoms with Crippen LogP contribution in [0.3, 0.4) is 0 Å². The van der Waals surface area contributed by atoms with Crippen molar-refractivity contribution < 1.29 is 37.0 Å². The molecule has 44 heavy (non-hydrogen) atoms. The second kappa shape index (κ2) is 18.3. The number of ether oxygens (including phenoxy) is 3. The summed E-state index contributed by atoms with van der Waals surface area (Å²) in [5.41, 5.74) is 0.281. The minimum atomic E-state index is -4.64. The van der Waals surface area contributed by atoms with Crippen molar-refractivity contribution in [2.24, 2.45) is 0 Å². The van der Waals surface area contributed by atoms with Crippen LogP contribution in [0.1, 0.15) is 118 Å². The SMILES string of the molecule is CCCCCCCCCCOc1ccc2cc(C(=O)Oc3ccc(C(=O)O[C@H](CCCCCC)C(F)(F)F)cc3)ccc2c1. The largest absolute Gasteiger partial charge is 0.494 e. The van der Waals surface area contributed by atoms with Crippen molar-refractivity contribution in [3.8, 4) is 11.5 Å². The van der Waals surface area contributed by atoms with Gasteiger partial charge in [0.05, 0.1) is 17.7 Å². The molecule has 0 aromatic heterocycles. The van der Waals surface area contributed by atoms with Crippen molar-refractivity contribution in [1.82, 2.24) is 0 Å². The Morgan fingerprint density at radius 3 is 1.84 bits per heavy atom. The maximum Gasteiger partial charge on any atom is 0.425 e. The molecule has 8 heteroatoms. The summed E-state index contributed by atoms with van der Waals surface area (Å²) < 4.78 is 56.3. The van der Waals surface area contributed by atoms with Crippen molar-refractivity contribution in [2.75, 3.05) is 6.61 Å². The Hall–Kier alpha value is -3.55. The third kappa shape index (κ3) is 11.9. The summed E-state index contributed by atoms with van der Waals surface area (Å²) in [7, 11) is 0. The number of hydrogen-bond donors (Lipinski definition) is 0. The van der Waals surface area contributed by atoms with Gasteiger partial charge in [-0.15, -0.1) is 0 Å². The van der Waals surface area contributed by atoms with Crippen molar-refractivity contribution in [2.45, 2.75) is 110 Å². The normalized spacial score (nSPS) is 12.2. The quantitative estimate of drug-likeness (QED) is 0.0764. The molecule has 0 aliphatic rings. The second-order valence-electron chi connectivity index (χ2n) is 11.2. The van der Waals surface area contributed by atoms with E-state index in [1.165, 1.54) is 62.8 Å². The van der Waals surface area contributed by atoms with Crippen LogP contribution >= 0.6 is 0 Å². The van der Waals surface area contributed by atoms with Crippen LogP contribution in [-0.2, 0) is 4.74 Å². The van der Waals surface area contributed by atoms with E-state index >= 15 is 0 Å². The topological polar surface area (TPSA) is 61.8 Å². The number of benzene rings is 3. The number of hydrogen-bond acceptors (Lipinski definition) is 5. The van der Waals surface area contributed by atoms with Crippen LogP contribution in [0.5, 0.6) is 11.5 Å². The standard InChI is InChI=1S/C36H45F3O5/c1-3-5-7-9-10-11-12-14-24-42-32-23-20-28-25-30(17-16-29(28)26-32)35(41)43-31-21-18-27(19-22-31)34(40)44-33(36(37,38)39)15-13-8-6-4-2/h16-23,25-26,33H,3-15,24H2,1-2H3/t33-/m1/s1. The molecule has 0 unspecified atom stereocenters. The van der Waals surface area contributed by atoms with E-state index < -0.39 is 24.2 Å². The fourth-order valence-electron chi connectivity index (χ4n) is 4.93. The number of halogens is 3. The monoisotopic (exact) mass is 614 g/mol. The first-order chi connectivity index (χ1) is 21.2. The fourth-order valence-corrected chi connectivity index (χ4v) is 4.93. The molecule has 0 saturated carbocycles. The number of rotatable bonds is 19. The molecule has 0 N–H and O–H groups in total. The highest BCUT2D eigenvalue weighted by atomic mass is 19.4. The molecule has 0 fully saturated rings. The zero-order chi connectivity index (χ0) is 31.8. The van der Waals surface area contributed by atoms with Gasteiger partial charge in [0.25, 0.3) is 0 Å². The number of unbranched alkanes of at least 4 members (excludes halogenated alkanes) is 10. The molecule has 3 aromatic carbocycles. The zero-order valence-corrected chi connectivity index (χ0v) is 25.9. The first-order valence-corrected chi connectivity index (χ1v) is 16.0. The molecular formula is C36H45F3O5. The number of carbonyl (C=O) groups is 2. The molecule has 1 atom stereocenters. The highest BCUT2D eigenvalue weighted by Gasteiger charge is 2.42. The molecule has 0 heterocycles. The van der Waals surface area contributed by atoms with Gasteiger partial charge in [0.15, 0.2) is 6.10 Å². The van der Waals surface area contributed by atoms with E-state index in [4.69, 9.17) is 14.2 Å². The molecule has 0 amide bonds. The average Bonchev–Trinajstić information content (AvgIpc) is 3.01. The first-order valence-electron chi connectivity index (χ1n) is 16.0. The first kappa shape index (κ1) is 34.9. The predicted molar refractivity (Wildman–Crippen MR) is 167 cm³/mol. The Morgan fingerprint density at radius 2 is 1.18 bits per heavy atom. The van der Waals surface area contributed by atoms with Crippen molar-refractivity contribution in [1.29, 1.82) is 0 Å². The summed E-state index contributed by atoms with van der Waals surface area (Å²) in [6, 6.07) is 16.2. The van der Waals surface area contributed by atoms with Crippen LogP contribution < -0.4 is 9.47 Å². The van der Waals surface area contributed by atoms with Crippen LogP contribution in [0, 0.1) is 0 Å². The molecule has 0 spiro atoms. The van der Waals surface area contributed by atoms with Gasteiger partial charge in [0, 0.05) is 0 Å². The lowest BCUT2D eigenvalue weighted by Gasteiger charge is -2.20. The Labute approximate surface area is 259 Å². The second-order valence-corrected chi connectivity index (χ2v) is 11.2. The van der Waals surface area contributed by atoms with Crippen molar-refractivity contribution in [3.05, 3.63) is 71.8 Å². The van der Waals surface area contributed by atoms with Crippen molar-refractivity contribution >= 4 is 22.7 Å². The van der Waals surface area contributed by atoms with Gasteiger partial charge in [-0.3, -0.25) is 0 Å². The Kier molecular flexibility index (Phi) is 14.5. The molecule has 0 aliphatic carbocycles. The summed E-state index contributed by atoms with van der Waals surface area (Å²) in [6.07, 6.45) is 5.54. The van der Waals surface area contributed by atoms with E-state index in [1.54, 1.807) is 12.1 Å². The lowest BCUT2D eigenvalue weighted by molar-refractivity contribution is -0.206. The Morgan fingerprint density at radius 1 is 0.636 bits per heavy atom. The molecule has 5 nitrogen and oxygen atoms in total. The van der Waals surface area contributed by atoms with Gasteiger partial charge in [-0.05, 0) is 78.6 Å². The van der Waals surface area contributed by atoms with Crippen LogP contribution in [0.2, 0.25) is 0 Å². The van der Waals surface area contributed by atoms with Gasteiger partial charge in [-0.2, -0.15) is 13.2 Å². The minimum absolute atomic E-state index is 0.0567. The van der Waals surface area contributed by atoms with E-state index in [0.29, 0.717) is 25.0 Å². The summed E-state index contributed by atoms with van der Waals surface area (Å²) in [5, 5.41) is 1.78. The molecule has 0 radical (unpaired) electrons. The van der Waals surface area contributed by atoms with E-state index in [9.17, 15) is 22.8 Å². The molecule has 3 aromatic rings. The molecule has 0 saturated heterocycles. The predicted octanol–water partition coefficient (Wildman–Crippen LogP) is 10.6. The lowest BCUT2D eigenvalue weighted by Crippen LogP contribution is -2.33. The smallest absolute Gasteiger partial charge is 0.425 e. The summed E-state index contributed by atoms with van der Waals surface area (Å²) in [4.78, 5) is 25.2. The average molecular weight is 615 g/mol. The fraction of sp³-hybridized carbons (Fsp3) is 0.500. The summed E-state index contributed by atoms with van der Waals surface area (Å²) in [5.74, 6) is -0.728. The number of alkyl halides is 3. The molecule has 240 valence electrons. The third-order valence-corrected chi connectivity index (χ3v) is 7.55. The van der Waals surface area contributed by atoms with Crippen molar-refractivity contribution in [3.63, 3.8) is 0 Å². The van der Waals surface area contributed by atoms with Gasteiger partial charge in [0.1, 0.15) is 11.5 Å². The Balaban J connectivity index is 1.49. The van der Waals surface area contributed by atoms with E-state index in [-0.39, 0.29) is 17.7 Å². The highest BCUT2D eigenvalue weighted by Crippen LogP contribution is 2.29. The molecular weight excluding hydrogens is 569 g/mol. The number of fused-ring (bicyclic) bond motifs is 1. The van der Waals surface area contributed by atoms with E-state index in [0.717, 1.165) is 42.2 Å². The van der Waals surface area contributed by atoms with Crippen LogP contribution in [0.15, 0.2) is 60.7 Å².